The zero-order chi connectivity index (χ0) is 16.1. The molecule has 0 spiro atoms. The molecule has 2 aromatic rings. The van der Waals surface area contributed by atoms with Gasteiger partial charge in [-0.3, -0.25) is 0 Å². The Hall–Kier alpha value is -1.96. The van der Waals surface area contributed by atoms with Crippen molar-refractivity contribution < 1.29 is 9.47 Å². The van der Waals surface area contributed by atoms with Crippen molar-refractivity contribution in [2.75, 3.05) is 14.2 Å². The molecule has 0 unspecified atom stereocenters. The molecule has 0 aliphatic carbocycles. The van der Waals surface area contributed by atoms with E-state index in [0.717, 1.165) is 17.9 Å². The van der Waals surface area contributed by atoms with Crippen LogP contribution in [0.3, 0.4) is 0 Å². The Morgan fingerprint density at radius 1 is 0.762 bits per heavy atom. The maximum atomic E-state index is 5.38. The van der Waals surface area contributed by atoms with E-state index < -0.39 is 0 Å². The van der Waals surface area contributed by atoms with Gasteiger partial charge in [0, 0.05) is 12.5 Å². The Labute approximate surface area is 129 Å². The molecule has 0 saturated carbocycles. The van der Waals surface area contributed by atoms with Crippen LogP contribution in [0.5, 0.6) is 11.5 Å². The summed E-state index contributed by atoms with van der Waals surface area (Å²) in [6.45, 7) is 8.00. The molecule has 2 rings (SSSR count). The Kier molecular flexibility index (Phi) is 10.7. The summed E-state index contributed by atoms with van der Waals surface area (Å²) in [7, 11) is 3.34. The second-order valence-electron chi connectivity index (χ2n) is 3.84. The van der Waals surface area contributed by atoms with Gasteiger partial charge in [-0.15, -0.1) is 0 Å². The highest BCUT2D eigenvalue weighted by Crippen LogP contribution is 2.26. The molecule has 21 heavy (non-hydrogen) atoms. The average molecular weight is 288 g/mol. The first kappa shape index (κ1) is 19.0. The molecule has 0 amide bonds. The van der Waals surface area contributed by atoms with Gasteiger partial charge >= 0.3 is 0 Å². The fraction of sp³-hybridized carbons (Fsp3) is 0.368. The molecular weight excluding hydrogens is 260 g/mol. The van der Waals surface area contributed by atoms with Gasteiger partial charge in [-0.2, -0.15) is 0 Å². The molecule has 0 aromatic heterocycles. The third kappa shape index (κ3) is 6.35. The topological polar surface area (TPSA) is 18.5 Å². The van der Waals surface area contributed by atoms with Crippen LogP contribution in [0.4, 0.5) is 0 Å². The van der Waals surface area contributed by atoms with E-state index >= 15 is 0 Å². The monoisotopic (exact) mass is 288 g/mol. The molecule has 2 nitrogen and oxygen atoms in total. The number of hydrogen-bond acceptors (Lipinski definition) is 2. The predicted molar refractivity (Wildman–Crippen MR) is 91.5 cm³/mol. The number of hydrogen-bond donors (Lipinski definition) is 0. The standard InChI is InChI=1S/C15H16O2.2C2H6/c1-16-14-9-8-13(15(11-14)17-2)10-12-6-4-3-5-7-12;2*1-2/h3-9,11H,10H2,1-2H3;2*1-2H3. The van der Waals surface area contributed by atoms with E-state index in [1.165, 1.54) is 11.1 Å². The molecule has 116 valence electrons. The first-order chi connectivity index (χ1) is 10.3. The fourth-order valence-corrected chi connectivity index (χ4v) is 1.81. The first-order valence-corrected chi connectivity index (χ1v) is 7.58. The predicted octanol–water partition coefficient (Wildman–Crippen LogP) is 5.35. The minimum Gasteiger partial charge on any atom is -0.497 e. The molecule has 0 saturated heterocycles. The van der Waals surface area contributed by atoms with Crippen molar-refractivity contribution in [3.63, 3.8) is 0 Å². The third-order valence-corrected chi connectivity index (χ3v) is 2.73. The van der Waals surface area contributed by atoms with Crippen LogP contribution >= 0.6 is 0 Å². The smallest absolute Gasteiger partial charge is 0.126 e. The maximum absolute atomic E-state index is 5.38. The molecular formula is C19H28O2. The van der Waals surface area contributed by atoms with Gasteiger partial charge in [-0.25, -0.2) is 0 Å². The minimum atomic E-state index is 0.818. The van der Waals surface area contributed by atoms with Crippen LogP contribution in [0, 0.1) is 0 Å². The van der Waals surface area contributed by atoms with Gasteiger partial charge in [-0.05, 0) is 17.2 Å². The first-order valence-electron chi connectivity index (χ1n) is 7.58. The van der Waals surface area contributed by atoms with Gasteiger partial charge in [0.15, 0.2) is 0 Å². The molecule has 0 aliphatic rings. The lowest BCUT2D eigenvalue weighted by Gasteiger charge is -2.10. The lowest BCUT2D eigenvalue weighted by molar-refractivity contribution is 0.391. The Balaban J connectivity index is 0.000000921. The molecule has 0 aliphatic heterocycles. The lowest BCUT2D eigenvalue weighted by atomic mass is 10.0. The minimum absolute atomic E-state index is 0.818. The lowest BCUT2D eigenvalue weighted by Crippen LogP contribution is -1.94. The zero-order valence-electron chi connectivity index (χ0n) is 14.1. The second-order valence-corrected chi connectivity index (χ2v) is 3.84. The average Bonchev–Trinajstić information content (AvgIpc) is 2.59. The van der Waals surface area contributed by atoms with Crippen LogP contribution in [-0.2, 0) is 6.42 Å². The van der Waals surface area contributed by atoms with E-state index in [0.29, 0.717) is 0 Å². The van der Waals surface area contributed by atoms with Gasteiger partial charge in [-0.1, -0.05) is 64.1 Å². The summed E-state index contributed by atoms with van der Waals surface area (Å²) in [5.74, 6) is 1.69. The van der Waals surface area contributed by atoms with Crippen molar-refractivity contribution in [2.24, 2.45) is 0 Å². The van der Waals surface area contributed by atoms with Crippen LogP contribution in [-0.4, -0.2) is 14.2 Å². The van der Waals surface area contributed by atoms with Gasteiger partial charge < -0.3 is 9.47 Å². The summed E-state index contributed by atoms with van der Waals surface area (Å²) in [6, 6.07) is 16.3. The normalized spacial score (nSPS) is 8.67. The summed E-state index contributed by atoms with van der Waals surface area (Å²) >= 11 is 0. The summed E-state index contributed by atoms with van der Waals surface area (Å²) in [4.78, 5) is 0. The van der Waals surface area contributed by atoms with Crippen molar-refractivity contribution >= 4 is 0 Å². The highest BCUT2D eigenvalue weighted by Gasteiger charge is 2.05. The number of methoxy groups -OCH3 is 2. The zero-order valence-corrected chi connectivity index (χ0v) is 14.1. The van der Waals surface area contributed by atoms with E-state index in [4.69, 9.17) is 9.47 Å². The van der Waals surface area contributed by atoms with E-state index in [-0.39, 0.29) is 0 Å². The van der Waals surface area contributed by atoms with Crippen molar-refractivity contribution in [1.82, 2.24) is 0 Å². The molecule has 2 aromatic carbocycles. The van der Waals surface area contributed by atoms with E-state index in [1.807, 2.05) is 64.1 Å². The Morgan fingerprint density at radius 2 is 1.38 bits per heavy atom. The van der Waals surface area contributed by atoms with Crippen molar-refractivity contribution in [2.45, 2.75) is 34.1 Å². The van der Waals surface area contributed by atoms with Crippen molar-refractivity contribution in [3.8, 4) is 11.5 Å². The number of rotatable bonds is 4. The molecule has 0 N–H and O–H groups in total. The molecule has 0 bridgehead atoms. The fourth-order valence-electron chi connectivity index (χ4n) is 1.81. The third-order valence-electron chi connectivity index (χ3n) is 2.73. The van der Waals surface area contributed by atoms with Crippen LogP contribution in [0.1, 0.15) is 38.8 Å². The molecule has 0 heterocycles. The largest absolute Gasteiger partial charge is 0.497 e. The summed E-state index contributed by atoms with van der Waals surface area (Å²) in [5.41, 5.74) is 2.44. The van der Waals surface area contributed by atoms with E-state index in [2.05, 4.69) is 12.1 Å². The Morgan fingerprint density at radius 3 is 1.90 bits per heavy atom. The van der Waals surface area contributed by atoms with Gasteiger partial charge in [0.2, 0.25) is 0 Å². The summed E-state index contributed by atoms with van der Waals surface area (Å²) < 4.78 is 10.6. The van der Waals surface area contributed by atoms with Crippen LogP contribution in [0.25, 0.3) is 0 Å². The van der Waals surface area contributed by atoms with Crippen LogP contribution < -0.4 is 9.47 Å². The number of benzene rings is 2. The van der Waals surface area contributed by atoms with Gasteiger partial charge in [0.05, 0.1) is 14.2 Å². The molecule has 0 fully saturated rings. The highest BCUT2D eigenvalue weighted by molar-refractivity contribution is 5.43. The molecule has 0 atom stereocenters. The molecule has 2 heteroatoms. The summed E-state index contributed by atoms with van der Waals surface area (Å²) in [5, 5.41) is 0. The number of ether oxygens (including phenoxy) is 2. The van der Waals surface area contributed by atoms with E-state index in [1.54, 1.807) is 14.2 Å². The molecule has 0 radical (unpaired) electrons. The maximum Gasteiger partial charge on any atom is 0.126 e. The van der Waals surface area contributed by atoms with Gasteiger partial charge in [0.25, 0.3) is 0 Å². The van der Waals surface area contributed by atoms with Crippen molar-refractivity contribution in [1.29, 1.82) is 0 Å². The van der Waals surface area contributed by atoms with Crippen LogP contribution in [0.15, 0.2) is 48.5 Å². The summed E-state index contributed by atoms with van der Waals surface area (Å²) in [6.07, 6.45) is 0.869. The van der Waals surface area contributed by atoms with Crippen LogP contribution in [0.2, 0.25) is 0 Å². The van der Waals surface area contributed by atoms with Gasteiger partial charge in [0.1, 0.15) is 11.5 Å². The Bertz CT molecular complexity index is 478. The second kappa shape index (κ2) is 11.8. The quantitative estimate of drug-likeness (QED) is 0.755. The highest BCUT2D eigenvalue weighted by atomic mass is 16.5. The van der Waals surface area contributed by atoms with E-state index in [9.17, 15) is 0 Å². The van der Waals surface area contributed by atoms with Crippen molar-refractivity contribution in [3.05, 3.63) is 59.7 Å². The SMILES string of the molecule is CC.CC.COc1ccc(Cc2ccccc2)c(OC)c1.